The van der Waals surface area contributed by atoms with Gasteiger partial charge in [-0.15, -0.1) is 0 Å². The molecule has 0 fully saturated rings. The number of benzene rings is 2. The molecule has 34 heavy (non-hydrogen) atoms. The molecule has 3 aromatic rings. The number of aromatic nitrogens is 1. The van der Waals surface area contributed by atoms with E-state index in [1.165, 1.54) is 19.1 Å². The summed E-state index contributed by atoms with van der Waals surface area (Å²) in [7, 11) is 0. The summed E-state index contributed by atoms with van der Waals surface area (Å²) >= 11 is 5.73. The summed E-state index contributed by atoms with van der Waals surface area (Å²) in [6.45, 7) is 0.605. The van der Waals surface area contributed by atoms with Crippen molar-refractivity contribution in [2.24, 2.45) is 0 Å². The van der Waals surface area contributed by atoms with E-state index in [0.29, 0.717) is 18.0 Å². The number of carbonyl (C=O) groups is 3. The first-order valence-corrected chi connectivity index (χ1v) is 9.99. The number of hydrogen-bond donors (Lipinski definition) is 1. The highest BCUT2D eigenvalue weighted by Crippen LogP contribution is 2.32. The monoisotopic (exact) mass is 492 g/mol. The van der Waals surface area contributed by atoms with Crippen LogP contribution in [0.5, 0.6) is 5.75 Å². The zero-order valence-corrected chi connectivity index (χ0v) is 18.2. The van der Waals surface area contributed by atoms with Gasteiger partial charge in [0, 0.05) is 13.1 Å². The van der Waals surface area contributed by atoms with Crippen molar-refractivity contribution < 1.29 is 37.0 Å². The quantitative estimate of drug-likeness (QED) is 0.378. The highest BCUT2D eigenvalue weighted by Gasteiger charge is 2.31. The molecule has 0 saturated heterocycles. The topological polar surface area (TPSA) is 94.6 Å². The lowest BCUT2D eigenvalue weighted by molar-refractivity contribution is -0.137. The number of nitrogens with one attached hydrogen (secondary N) is 1. The number of ether oxygens (including phenoxy) is 2. The molecule has 0 bridgehead atoms. The van der Waals surface area contributed by atoms with Crippen molar-refractivity contribution in [1.29, 1.82) is 0 Å². The van der Waals surface area contributed by atoms with Crippen molar-refractivity contribution in [2.75, 3.05) is 11.9 Å². The predicted octanol–water partition coefficient (Wildman–Crippen LogP) is 5.14. The van der Waals surface area contributed by atoms with Gasteiger partial charge in [-0.2, -0.15) is 13.2 Å². The predicted molar refractivity (Wildman–Crippen MR) is 116 cm³/mol. The molecular formula is C23H16ClF3N2O5. The fourth-order valence-corrected chi connectivity index (χ4v) is 2.96. The third kappa shape index (κ3) is 6.55. The number of halogens is 4. The molecule has 0 saturated carbocycles. The lowest BCUT2D eigenvalue weighted by atomic mass is 10.0. The summed E-state index contributed by atoms with van der Waals surface area (Å²) in [6.07, 6.45) is -4.10. The average molecular weight is 493 g/mol. The number of amides is 1. The molecule has 0 aliphatic rings. The maximum atomic E-state index is 12.7. The van der Waals surface area contributed by atoms with Gasteiger partial charge >= 0.3 is 18.1 Å². The van der Waals surface area contributed by atoms with Crippen molar-refractivity contribution in [1.82, 2.24) is 4.98 Å². The molecular weight excluding hydrogens is 477 g/mol. The Bertz CT molecular complexity index is 1210. The van der Waals surface area contributed by atoms with Gasteiger partial charge < -0.3 is 14.8 Å². The summed E-state index contributed by atoms with van der Waals surface area (Å²) in [5.74, 6) is -1.92. The molecule has 3 rings (SSSR count). The van der Waals surface area contributed by atoms with Crippen LogP contribution in [0, 0.1) is 0 Å². The van der Waals surface area contributed by atoms with E-state index >= 15 is 0 Å². The first kappa shape index (κ1) is 24.7. The summed E-state index contributed by atoms with van der Waals surface area (Å²) < 4.78 is 47.9. The second-order valence-electron chi connectivity index (χ2n) is 6.87. The van der Waals surface area contributed by atoms with Crippen LogP contribution in [0.2, 0.25) is 5.02 Å². The molecule has 0 spiro atoms. The van der Waals surface area contributed by atoms with Crippen molar-refractivity contribution in [3.05, 3.63) is 76.9 Å². The third-order valence-electron chi connectivity index (χ3n) is 4.33. The maximum Gasteiger partial charge on any atom is 0.417 e. The van der Waals surface area contributed by atoms with E-state index in [4.69, 9.17) is 21.1 Å². The van der Waals surface area contributed by atoms with E-state index in [9.17, 15) is 27.6 Å². The molecule has 1 heterocycles. The van der Waals surface area contributed by atoms with E-state index in [0.717, 1.165) is 11.1 Å². The number of esters is 2. The molecule has 0 unspecified atom stereocenters. The first-order chi connectivity index (χ1) is 16.0. The fourth-order valence-electron chi connectivity index (χ4n) is 2.75. The molecule has 176 valence electrons. The standard InChI is InChI=1S/C23H16ClF3N2O5/c1-13(30)34-18-8-6-15(7-9-18)14-2-4-16(5-3-14)22(32)33-12-20(31)29-21-19(24)10-17(11-28-21)23(25,26)27/h2-11H,12H2,1H3,(H,28,29,31). The van der Waals surface area contributed by atoms with Gasteiger partial charge in [0.1, 0.15) is 5.75 Å². The van der Waals surface area contributed by atoms with E-state index < -0.39 is 41.2 Å². The van der Waals surface area contributed by atoms with Gasteiger partial charge in [-0.3, -0.25) is 9.59 Å². The normalized spacial score (nSPS) is 11.0. The highest BCUT2D eigenvalue weighted by atomic mass is 35.5. The summed E-state index contributed by atoms with van der Waals surface area (Å²) in [5.41, 5.74) is 0.715. The number of alkyl halides is 3. The van der Waals surface area contributed by atoms with Crippen LogP contribution >= 0.6 is 11.6 Å². The average Bonchev–Trinajstić information content (AvgIpc) is 2.78. The largest absolute Gasteiger partial charge is 0.452 e. The molecule has 7 nitrogen and oxygen atoms in total. The van der Waals surface area contributed by atoms with Crippen LogP contribution in [0.3, 0.4) is 0 Å². The van der Waals surface area contributed by atoms with Crippen LogP contribution in [0.15, 0.2) is 60.8 Å². The Morgan fingerprint density at radius 2 is 1.59 bits per heavy atom. The minimum Gasteiger partial charge on any atom is -0.452 e. The first-order valence-electron chi connectivity index (χ1n) is 9.61. The Hall–Kier alpha value is -3.92. The Morgan fingerprint density at radius 1 is 1.00 bits per heavy atom. The zero-order chi connectivity index (χ0) is 24.9. The van der Waals surface area contributed by atoms with E-state index in [1.807, 2.05) is 0 Å². The Balaban J connectivity index is 1.56. The summed E-state index contributed by atoms with van der Waals surface area (Å²) in [5, 5.41) is 1.77. The number of hydrogen-bond acceptors (Lipinski definition) is 6. The van der Waals surface area contributed by atoms with Crippen molar-refractivity contribution in [3.63, 3.8) is 0 Å². The fraction of sp³-hybridized carbons (Fsp3) is 0.130. The number of rotatable bonds is 6. The van der Waals surface area contributed by atoms with Crippen LogP contribution < -0.4 is 10.1 Å². The molecule has 2 aromatic carbocycles. The van der Waals surface area contributed by atoms with Gasteiger partial charge in [-0.05, 0) is 41.5 Å². The molecule has 1 N–H and O–H groups in total. The van der Waals surface area contributed by atoms with Crippen LogP contribution in [0.1, 0.15) is 22.8 Å². The molecule has 1 aromatic heterocycles. The molecule has 11 heteroatoms. The Labute approximate surface area is 196 Å². The molecule has 1 amide bonds. The second kappa shape index (κ2) is 10.3. The van der Waals surface area contributed by atoms with Gasteiger partial charge in [0.2, 0.25) is 0 Å². The number of carbonyl (C=O) groups excluding carboxylic acids is 3. The van der Waals surface area contributed by atoms with Gasteiger partial charge in [-0.25, -0.2) is 9.78 Å². The van der Waals surface area contributed by atoms with Crippen molar-refractivity contribution >= 4 is 35.3 Å². The van der Waals surface area contributed by atoms with Crippen LogP contribution in [0.25, 0.3) is 11.1 Å². The van der Waals surface area contributed by atoms with E-state index in [2.05, 4.69) is 10.3 Å². The summed E-state index contributed by atoms with van der Waals surface area (Å²) in [6, 6.07) is 13.7. The second-order valence-corrected chi connectivity index (χ2v) is 7.28. The molecule has 0 radical (unpaired) electrons. The smallest absolute Gasteiger partial charge is 0.417 e. The Kier molecular flexibility index (Phi) is 7.52. The third-order valence-corrected chi connectivity index (χ3v) is 4.62. The Morgan fingerprint density at radius 3 is 2.12 bits per heavy atom. The van der Waals surface area contributed by atoms with Gasteiger partial charge in [0.15, 0.2) is 12.4 Å². The highest BCUT2D eigenvalue weighted by molar-refractivity contribution is 6.33. The lowest BCUT2D eigenvalue weighted by Crippen LogP contribution is -2.22. The summed E-state index contributed by atoms with van der Waals surface area (Å²) in [4.78, 5) is 38.6. The number of nitrogens with zero attached hydrogens (tertiary/aromatic N) is 1. The van der Waals surface area contributed by atoms with E-state index in [-0.39, 0.29) is 11.4 Å². The van der Waals surface area contributed by atoms with Gasteiger partial charge in [-0.1, -0.05) is 35.9 Å². The van der Waals surface area contributed by atoms with Crippen molar-refractivity contribution in [3.8, 4) is 16.9 Å². The molecule has 0 aliphatic heterocycles. The molecule has 0 aliphatic carbocycles. The zero-order valence-electron chi connectivity index (χ0n) is 17.5. The van der Waals surface area contributed by atoms with Crippen LogP contribution in [-0.4, -0.2) is 29.4 Å². The van der Waals surface area contributed by atoms with E-state index in [1.54, 1.807) is 36.4 Å². The molecule has 0 atom stereocenters. The van der Waals surface area contributed by atoms with Crippen molar-refractivity contribution in [2.45, 2.75) is 13.1 Å². The number of anilines is 1. The van der Waals surface area contributed by atoms with Gasteiger partial charge in [0.25, 0.3) is 5.91 Å². The lowest BCUT2D eigenvalue weighted by Gasteiger charge is -2.10. The SMILES string of the molecule is CC(=O)Oc1ccc(-c2ccc(C(=O)OCC(=O)Nc3ncc(C(F)(F)F)cc3Cl)cc2)cc1. The maximum absolute atomic E-state index is 12.7. The number of pyridine rings is 1. The minimum absolute atomic E-state index is 0.179. The van der Waals surface area contributed by atoms with Crippen LogP contribution in [-0.2, 0) is 20.5 Å². The minimum atomic E-state index is -4.63. The van der Waals surface area contributed by atoms with Gasteiger partial charge in [0.05, 0.1) is 16.1 Å². The van der Waals surface area contributed by atoms with Crippen LogP contribution in [0.4, 0.5) is 19.0 Å².